The minimum absolute atomic E-state index is 0.0668. The molecule has 4 rings (SSSR count). The van der Waals surface area contributed by atoms with E-state index in [1.165, 1.54) is 42.7 Å². The molecule has 0 aliphatic rings. The van der Waals surface area contributed by atoms with Gasteiger partial charge in [-0.3, -0.25) is 9.59 Å². The van der Waals surface area contributed by atoms with Crippen LogP contribution in [0, 0.1) is 17.1 Å². The van der Waals surface area contributed by atoms with Gasteiger partial charge in [-0.25, -0.2) is 23.7 Å². The van der Waals surface area contributed by atoms with Gasteiger partial charge in [0, 0.05) is 18.2 Å². The van der Waals surface area contributed by atoms with Gasteiger partial charge in [-0.1, -0.05) is 32.3 Å². The molecule has 3 aromatic heterocycles. The molecule has 1 amide bonds. The molecule has 0 atom stereocenters. The first-order valence-corrected chi connectivity index (χ1v) is 13.5. The topological polar surface area (TPSA) is 193 Å². The third-order valence-corrected chi connectivity index (χ3v) is 6.19. The smallest absolute Gasteiger partial charge is 0.380 e. The van der Waals surface area contributed by atoms with Crippen molar-refractivity contribution in [2.75, 3.05) is 6.54 Å². The van der Waals surface area contributed by atoms with E-state index >= 15 is 0 Å². The molecule has 0 saturated heterocycles. The maximum Gasteiger partial charge on any atom is 0.380 e. The van der Waals surface area contributed by atoms with Crippen molar-refractivity contribution in [3.05, 3.63) is 110 Å². The Morgan fingerprint density at radius 2 is 1.78 bits per heavy atom. The number of aromatic nitrogens is 3. The third-order valence-electron chi connectivity index (χ3n) is 6.19. The molecule has 15 heteroatoms. The monoisotopic (exact) mass is 617 g/mol. The number of nitrogens with zero attached hydrogens (tertiary/aromatic N) is 4. The molecular weight excluding hydrogens is 593 g/mol. The Kier molecular flexibility index (Phi) is 10.1. The summed E-state index contributed by atoms with van der Waals surface area (Å²) in [7, 11) is 0. The van der Waals surface area contributed by atoms with Gasteiger partial charge in [0.05, 0.1) is 18.0 Å². The molecule has 1 N–H and O–H groups in total. The van der Waals surface area contributed by atoms with Crippen molar-refractivity contribution in [1.82, 2.24) is 19.4 Å². The highest BCUT2D eigenvalue weighted by Crippen LogP contribution is 2.22. The van der Waals surface area contributed by atoms with Crippen molar-refractivity contribution >= 4 is 23.9 Å². The molecule has 0 aliphatic carbocycles. The highest BCUT2D eigenvalue weighted by molar-refractivity contribution is 5.99. The Balaban J connectivity index is 1.56. The minimum Gasteiger partial charge on any atom is -0.457 e. The number of furan rings is 1. The van der Waals surface area contributed by atoms with Gasteiger partial charge < -0.3 is 19.2 Å². The Bertz CT molecular complexity index is 1920. The first-order valence-electron chi connectivity index (χ1n) is 13.5. The zero-order valence-electron chi connectivity index (χ0n) is 23.7. The number of esters is 2. The van der Waals surface area contributed by atoms with Crippen molar-refractivity contribution in [2.24, 2.45) is 0 Å². The van der Waals surface area contributed by atoms with E-state index in [1.807, 2.05) is 6.92 Å². The Hall–Kier alpha value is -6.17. The fraction of sp³-hybridized carbons (Fsp3) is 0.200. The predicted octanol–water partition coefficient (Wildman–Crippen LogP) is 3.27. The largest absolute Gasteiger partial charge is 0.457 e. The van der Waals surface area contributed by atoms with Crippen LogP contribution in [0.2, 0.25) is 0 Å². The van der Waals surface area contributed by atoms with Crippen LogP contribution in [0.25, 0.3) is 0 Å². The first kappa shape index (κ1) is 31.8. The minimum atomic E-state index is -1.60. The lowest BCUT2D eigenvalue weighted by Crippen LogP contribution is -2.49. The molecule has 230 valence electrons. The number of carbonyl (C=O) groups is 4. The molecule has 0 radical (unpaired) electrons. The van der Waals surface area contributed by atoms with Crippen LogP contribution < -0.4 is 26.0 Å². The number of hydrogen-bond donors (Lipinski definition) is 1. The van der Waals surface area contributed by atoms with Crippen LogP contribution in [0.4, 0.5) is 9.18 Å². The number of nitrogens with one attached hydrogen (secondary N) is 1. The first-order chi connectivity index (χ1) is 21.6. The van der Waals surface area contributed by atoms with Crippen LogP contribution >= 0.6 is 0 Å². The number of halogens is 1. The standard InChI is InChI=1S/C30H24FN5O9/c1-2-3-4-5-13-33-29(41)35-17-21(31)26(38)36(30(35)42)25(37)18-8-6-9-19(15-18)27(39)45-24-20(16-32)11-12-23(34-24)44-28(40)22-10-7-14-43-22/h6-12,14-15,17H,2-5,13H2,1H3,(H,33,41). The lowest BCUT2D eigenvalue weighted by molar-refractivity contribution is 0.0690. The van der Waals surface area contributed by atoms with Crippen molar-refractivity contribution in [2.45, 2.75) is 32.6 Å². The second-order valence-electron chi connectivity index (χ2n) is 9.32. The highest BCUT2D eigenvalue weighted by Gasteiger charge is 2.23. The maximum absolute atomic E-state index is 14.5. The van der Waals surface area contributed by atoms with E-state index in [9.17, 15) is 38.4 Å². The van der Waals surface area contributed by atoms with E-state index in [-0.39, 0.29) is 38.4 Å². The predicted molar refractivity (Wildman–Crippen MR) is 152 cm³/mol. The summed E-state index contributed by atoms with van der Waals surface area (Å²) in [5.41, 5.74) is -3.93. The SMILES string of the molecule is CCCCCCNC(=O)n1cc(F)c(=O)n(C(=O)c2cccc(C(=O)Oc3nc(OC(=O)c4ccco4)ccc3C#N)c2)c1=O. The van der Waals surface area contributed by atoms with E-state index in [4.69, 9.17) is 13.9 Å². The molecule has 0 saturated carbocycles. The zero-order chi connectivity index (χ0) is 32.5. The summed E-state index contributed by atoms with van der Waals surface area (Å²) in [6.45, 7) is 2.19. The molecule has 0 aliphatic heterocycles. The number of pyridine rings is 1. The zero-order valence-corrected chi connectivity index (χ0v) is 23.7. The van der Waals surface area contributed by atoms with Crippen LogP contribution in [0.1, 0.15) is 69.4 Å². The third kappa shape index (κ3) is 7.43. The summed E-state index contributed by atoms with van der Waals surface area (Å²) in [6.07, 6.45) is 4.95. The summed E-state index contributed by atoms with van der Waals surface area (Å²) < 4.78 is 29.9. The van der Waals surface area contributed by atoms with Gasteiger partial charge in [0.15, 0.2) is 0 Å². The molecule has 0 spiro atoms. The van der Waals surface area contributed by atoms with E-state index < -0.39 is 52.4 Å². The van der Waals surface area contributed by atoms with E-state index in [0.717, 1.165) is 31.4 Å². The van der Waals surface area contributed by atoms with Crippen LogP contribution in [0.3, 0.4) is 0 Å². The summed E-state index contributed by atoms with van der Waals surface area (Å²) in [6, 6.07) is 10.4. The highest BCUT2D eigenvalue weighted by atomic mass is 19.1. The average Bonchev–Trinajstić information content (AvgIpc) is 3.58. The van der Waals surface area contributed by atoms with Gasteiger partial charge in [-0.2, -0.15) is 19.2 Å². The van der Waals surface area contributed by atoms with Crippen LogP contribution in [-0.4, -0.2) is 44.5 Å². The lowest BCUT2D eigenvalue weighted by atomic mass is 10.1. The number of ether oxygens (including phenoxy) is 2. The van der Waals surface area contributed by atoms with Crippen LogP contribution in [-0.2, 0) is 0 Å². The molecule has 3 heterocycles. The van der Waals surface area contributed by atoms with Gasteiger partial charge in [0.1, 0.15) is 11.6 Å². The summed E-state index contributed by atoms with van der Waals surface area (Å²) in [5, 5.41) is 11.9. The Morgan fingerprint density at radius 1 is 1.00 bits per heavy atom. The Morgan fingerprint density at radius 3 is 2.49 bits per heavy atom. The number of rotatable bonds is 10. The van der Waals surface area contributed by atoms with Crippen molar-refractivity contribution < 1.29 is 37.5 Å². The fourth-order valence-corrected chi connectivity index (χ4v) is 3.92. The fourth-order valence-electron chi connectivity index (χ4n) is 3.92. The van der Waals surface area contributed by atoms with Crippen LogP contribution in [0.15, 0.2) is 75.0 Å². The second kappa shape index (κ2) is 14.3. The molecule has 4 aromatic rings. The molecule has 0 unspecified atom stereocenters. The summed E-state index contributed by atoms with van der Waals surface area (Å²) in [4.78, 5) is 80.2. The van der Waals surface area contributed by atoms with Gasteiger partial charge in [0.2, 0.25) is 23.3 Å². The van der Waals surface area contributed by atoms with E-state index in [1.54, 1.807) is 6.07 Å². The number of benzene rings is 1. The van der Waals surface area contributed by atoms with Crippen molar-refractivity contribution in [3.63, 3.8) is 0 Å². The van der Waals surface area contributed by atoms with Gasteiger partial charge in [0.25, 0.3) is 11.5 Å². The average molecular weight is 618 g/mol. The molecule has 0 bridgehead atoms. The van der Waals surface area contributed by atoms with Gasteiger partial charge in [-0.15, -0.1) is 0 Å². The number of hydrogen-bond acceptors (Lipinski definition) is 11. The second-order valence-corrected chi connectivity index (χ2v) is 9.32. The number of amides is 1. The summed E-state index contributed by atoms with van der Waals surface area (Å²) in [5.74, 6) is -5.89. The number of carbonyl (C=O) groups excluding carboxylic acids is 4. The lowest BCUT2D eigenvalue weighted by Gasteiger charge is -2.11. The number of nitriles is 1. The Labute approximate surface area is 253 Å². The molecule has 0 fully saturated rings. The van der Waals surface area contributed by atoms with E-state index in [0.29, 0.717) is 12.6 Å². The maximum atomic E-state index is 14.5. The van der Waals surface area contributed by atoms with Crippen molar-refractivity contribution in [3.8, 4) is 17.8 Å². The van der Waals surface area contributed by atoms with Crippen molar-refractivity contribution in [1.29, 1.82) is 5.26 Å². The normalized spacial score (nSPS) is 10.5. The molecule has 14 nitrogen and oxygen atoms in total. The number of unbranched alkanes of at least 4 members (excludes halogenated alkanes) is 3. The molecular formula is C30H24FN5O9. The van der Waals surface area contributed by atoms with Crippen LogP contribution in [0.5, 0.6) is 11.8 Å². The summed E-state index contributed by atoms with van der Waals surface area (Å²) >= 11 is 0. The molecule has 1 aromatic carbocycles. The van der Waals surface area contributed by atoms with Gasteiger partial charge >= 0.3 is 23.7 Å². The molecule has 45 heavy (non-hydrogen) atoms. The quantitative estimate of drug-likeness (QED) is 0.203. The van der Waals surface area contributed by atoms with Gasteiger partial charge in [-0.05, 0) is 42.8 Å². The van der Waals surface area contributed by atoms with E-state index in [2.05, 4.69) is 10.3 Å².